The number of nitrogens with two attached hydrogens (primary N) is 1. The molecule has 1 amide bonds. The Bertz CT molecular complexity index is 911. The smallest absolute Gasteiger partial charge is 0.472 e. The van der Waals surface area contributed by atoms with Crippen LogP contribution in [0.4, 0.5) is 0 Å². The number of aliphatic hydroxyl groups is 1. The summed E-state index contributed by atoms with van der Waals surface area (Å²) in [6, 6.07) is 0. The van der Waals surface area contributed by atoms with E-state index >= 15 is 0 Å². The molecular weight excluding hydrogens is 517 g/mol. The number of rotatable bonds is 21. The Balaban J connectivity index is 1.55. The molecule has 0 bridgehead atoms. The number of phosphoric acid groups is 1. The topological polar surface area (TPSA) is 183 Å². The molecule has 1 aliphatic rings. The zero-order valence-corrected chi connectivity index (χ0v) is 23.2. The maximum atomic E-state index is 12.3. The van der Waals surface area contributed by atoms with Crippen molar-refractivity contribution >= 4 is 19.5 Å². The third kappa shape index (κ3) is 10.7. The average molecular weight is 562 g/mol. The second-order valence-corrected chi connectivity index (χ2v) is 11.2. The quantitative estimate of drug-likeness (QED) is 0.126. The highest BCUT2D eigenvalue weighted by Gasteiger charge is 2.45. The van der Waals surface area contributed by atoms with Gasteiger partial charge in [-0.05, 0) is 6.42 Å². The van der Waals surface area contributed by atoms with Gasteiger partial charge in [-0.3, -0.25) is 23.2 Å². The zero-order valence-electron chi connectivity index (χ0n) is 22.3. The van der Waals surface area contributed by atoms with Gasteiger partial charge in [0.2, 0.25) is 5.88 Å². The van der Waals surface area contributed by atoms with Gasteiger partial charge >= 0.3 is 7.82 Å². The minimum absolute atomic E-state index is 0.0370. The van der Waals surface area contributed by atoms with Gasteiger partial charge in [0.1, 0.15) is 12.4 Å². The molecule has 0 aromatic carbocycles. The number of ether oxygens (including phenoxy) is 1. The zero-order chi connectivity index (χ0) is 28.0. The minimum atomic E-state index is -4.43. The third-order valence-corrected chi connectivity index (χ3v) is 7.58. The Morgan fingerprint density at radius 2 is 1.55 bits per heavy atom. The Labute approximate surface area is 224 Å². The predicted molar refractivity (Wildman–Crippen MR) is 139 cm³/mol. The summed E-state index contributed by atoms with van der Waals surface area (Å²) in [7, 11) is -4.43. The maximum absolute atomic E-state index is 12.3. The van der Waals surface area contributed by atoms with Gasteiger partial charge in [0.05, 0.1) is 13.2 Å². The molecular formula is C25H44N3O9P. The molecule has 0 spiro atoms. The molecule has 1 unspecified atom stereocenters. The van der Waals surface area contributed by atoms with Crippen LogP contribution in [0.15, 0.2) is 6.33 Å². The van der Waals surface area contributed by atoms with Gasteiger partial charge in [-0.15, -0.1) is 0 Å². The van der Waals surface area contributed by atoms with Crippen LogP contribution in [0.25, 0.3) is 0 Å². The molecule has 1 aromatic heterocycles. The van der Waals surface area contributed by atoms with Gasteiger partial charge in [-0.2, -0.15) is 0 Å². The number of phosphoric ester groups is 1. The fraction of sp³-hybridized carbons (Fsp3) is 0.800. The Morgan fingerprint density at radius 1 is 1.03 bits per heavy atom. The first-order chi connectivity index (χ1) is 18.2. The number of hydrogen-bond donors (Lipinski definition) is 4. The monoisotopic (exact) mass is 561 g/mol. The highest BCUT2D eigenvalue weighted by Crippen LogP contribution is 2.44. The molecule has 5 N–H and O–H groups in total. The van der Waals surface area contributed by atoms with E-state index in [1.807, 2.05) is 0 Å². The van der Waals surface area contributed by atoms with Crippen LogP contribution in [-0.2, 0) is 23.1 Å². The number of amides is 1. The van der Waals surface area contributed by atoms with E-state index in [4.69, 9.17) is 19.5 Å². The maximum Gasteiger partial charge on any atom is 0.472 e. The summed E-state index contributed by atoms with van der Waals surface area (Å²) in [6.07, 6.45) is 13.2. The molecule has 1 saturated heterocycles. The lowest BCUT2D eigenvalue weighted by molar-refractivity contribution is -0.128. The molecule has 1 fully saturated rings. The second-order valence-electron chi connectivity index (χ2n) is 9.74. The predicted octanol–water partition coefficient (Wildman–Crippen LogP) is 4.13. The van der Waals surface area contributed by atoms with Crippen molar-refractivity contribution in [2.75, 3.05) is 13.2 Å². The summed E-state index contributed by atoms with van der Waals surface area (Å²) in [6.45, 7) is 1.63. The number of hydrogen-bond acceptors (Lipinski definition) is 9. The van der Waals surface area contributed by atoms with E-state index in [-0.39, 0.29) is 6.61 Å². The number of primary amides is 1. The van der Waals surface area contributed by atoms with Crippen LogP contribution in [0, 0.1) is 0 Å². The third-order valence-electron chi connectivity index (χ3n) is 6.60. The van der Waals surface area contributed by atoms with Crippen molar-refractivity contribution in [3.8, 4) is 5.88 Å². The van der Waals surface area contributed by atoms with Gasteiger partial charge in [0, 0.05) is 0 Å². The first-order valence-electron chi connectivity index (χ1n) is 13.7. The van der Waals surface area contributed by atoms with E-state index in [1.165, 1.54) is 64.2 Å². The lowest BCUT2D eigenvalue weighted by Crippen LogP contribution is -2.28. The molecule has 0 saturated carbocycles. The number of carbonyl (C=O) groups excluding carboxylic acids is 2. The number of aromatic hydroxyl groups is 1. The number of ketones is 1. The standard InChI is InChI=1S/C25H44N3O9P/c1-2-3-4-5-6-7-8-9-10-11-12-13-14-15-16-35-38(33,34)36-17-19-21(29)22(30)25(37-19)28-18-27-20(23(26)31)24(28)32/h18-19,22,25,30,32H,2-17H2,1H3,(H2,26,31)(H,33,34)/t19-,22-,25-/m1/s1. The fourth-order valence-electron chi connectivity index (χ4n) is 4.37. The van der Waals surface area contributed by atoms with Gasteiger partial charge in [0.25, 0.3) is 5.91 Å². The minimum Gasteiger partial charge on any atom is -0.493 e. The summed E-state index contributed by atoms with van der Waals surface area (Å²) in [5.41, 5.74) is 4.63. The summed E-state index contributed by atoms with van der Waals surface area (Å²) in [5, 5.41) is 20.2. The normalized spacial score (nSPS) is 21.1. The molecule has 4 atom stereocenters. The second kappa shape index (κ2) is 17.0. The molecule has 0 radical (unpaired) electrons. The molecule has 1 aromatic rings. The van der Waals surface area contributed by atoms with E-state index < -0.39 is 56.1 Å². The van der Waals surface area contributed by atoms with Crippen LogP contribution in [0.1, 0.15) is 114 Å². The number of imidazole rings is 1. The summed E-state index contributed by atoms with van der Waals surface area (Å²) in [5.74, 6) is -2.51. The first-order valence-corrected chi connectivity index (χ1v) is 15.2. The van der Waals surface area contributed by atoms with Crippen LogP contribution >= 0.6 is 7.82 Å². The van der Waals surface area contributed by atoms with Crippen molar-refractivity contribution in [1.82, 2.24) is 9.55 Å². The van der Waals surface area contributed by atoms with E-state index in [0.717, 1.165) is 30.2 Å². The number of unbranched alkanes of at least 4 members (excludes halogenated alkanes) is 13. The van der Waals surface area contributed by atoms with E-state index in [9.17, 15) is 29.3 Å². The van der Waals surface area contributed by atoms with Crippen molar-refractivity contribution in [3.05, 3.63) is 12.0 Å². The van der Waals surface area contributed by atoms with Gasteiger partial charge in [-0.1, -0.05) is 90.4 Å². The summed E-state index contributed by atoms with van der Waals surface area (Å²) < 4.78 is 28.2. The Hall–Kier alpha value is -1.82. The van der Waals surface area contributed by atoms with Crippen molar-refractivity contribution < 1.29 is 43.0 Å². The number of nitrogens with zero attached hydrogens (tertiary/aromatic N) is 2. The van der Waals surface area contributed by atoms with Crippen LogP contribution < -0.4 is 5.73 Å². The Kier molecular flexibility index (Phi) is 14.5. The lowest BCUT2D eigenvalue weighted by Gasteiger charge is -2.17. The highest BCUT2D eigenvalue weighted by atomic mass is 31.2. The SMILES string of the molecule is CCCCCCCCCCCCCCCCOP(=O)(O)OC[C@H]1O[C@@H](n2cnc(C(N)=O)c2O)[C@H](O)C1=O. The first kappa shape index (κ1) is 32.4. The largest absolute Gasteiger partial charge is 0.493 e. The summed E-state index contributed by atoms with van der Waals surface area (Å²) >= 11 is 0. The molecule has 12 nitrogen and oxygen atoms in total. The van der Waals surface area contributed by atoms with Crippen molar-refractivity contribution in [1.29, 1.82) is 0 Å². The van der Waals surface area contributed by atoms with E-state index in [2.05, 4.69) is 11.9 Å². The molecule has 13 heteroatoms. The number of aliphatic hydroxyl groups excluding tert-OH is 1. The number of aromatic nitrogens is 2. The van der Waals surface area contributed by atoms with Crippen LogP contribution in [-0.4, -0.2) is 61.8 Å². The summed E-state index contributed by atoms with van der Waals surface area (Å²) in [4.78, 5) is 37.1. The van der Waals surface area contributed by atoms with E-state index in [0.29, 0.717) is 6.42 Å². The fourth-order valence-corrected chi connectivity index (χ4v) is 5.13. The molecule has 218 valence electrons. The van der Waals surface area contributed by atoms with Crippen LogP contribution in [0.5, 0.6) is 5.88 Å². The number of Topliss-reactive ketones (excluding diaryl/α,β-unsaturated/α-hetero) is 1. The van der Waals surface area contributed by atoms with Crippen molar-refractivity contribution in [2.24, 2.45) is 5.73 Å². The Morgan fingerprint density at radius 3 is 2.05 bits per heavy atom. The van der Waals surface area contributed by atoms with Crippen LogP contribution in [0.3, 0.4) is 0 Å². The van der Waals surface area contributed by atoms with Crippen molar-refractivity contribution in [3.63, 3.8) is 0 Å². The molecule has 1 aliphatic heterocycles. The highest BCUT2D eigenvalue weighted by molar-refractivity contribution is 7.47. The molecule has 38 heavy (non-hydrogen) atoms. The number of carbonyl (C=O) groups is 2. The van der Waals surface area contributed by atoms with Gasteiger partial charge in [0.15, 0.2) is 23.8 Å². The van der Waals surface area contributed by atoms with Gasteiger partial charge in [-0.25, -0.2) is 9.55 Å². The molecule has 2 rings (SSSR count). The van der Waals surface area contributed by atoms with E-state index in [1.54, 1.807) is 0 Å². The van der Waals surface area contributed by atoms with Crippen molar-refractivity contribution in [2.45, 2.75) is 115 Å². The van der Waals surface area contributed by atoms with Gasteiger partial charge < -0.3 is 25.6 Å². The molecule has 0 aliphatic carbocycles. The molecule has 2 heterocycles. The average Bonchev–Trinajstić information content (AvgIpc) is 3.39. The van der Waals surface area contributed by atoms with Crippen LogP contribution in [0.2, 0.25) is 0 Å². The lowest BCUT2D eigenvalue weighted by atomic mass is 10.0.